The number of nitrogens with one attached hydrogen (secondary N) is 1. The normalized spacial score (nSPS) is 12.0. The summed E-state index contributed by atoms with van der Waals surface area (Å²) in [7, 11) is 0. The highest BCUT2D eigenvalue weighted by molar-refractivity contribution is 9.10. The van der Waals surface area contributed by atoms with Gasteiger partial charge >= 0.3 is 0 Å². The molecule has 0 aliphatic rings. The van der Waals surface area contributed by atoms with Crippen molar-refractivity contribution < 1.29 is 9.13 Å². The summed E-state index contributed by atoms with van der Waals surface area (Å²) in [6.45, 7) is 4.54. The predicted molar refractivity (Wildman–Crippen MR) is 83.7 cm³/mol. The zero-order valence-corrected chi connectivity index (χ0v) is 13.1. The van der Waals surface area contributed by atoms with Gasteiger partial charge < -0.3 is 10.1 Å². The average Bonchev–Trinajstić information content (AvgIpc) is 2.44. The van der Waals surface area contributed by atoms with Crippen molar-refractivity contribution in [1.82, 2.24) is 0 Å². The van der Waals surface area contributed by atoms with Crippen LogP contribution < -0.4 is 10.1 Å². The summed E-state index contributed by atoms with van der Waals surface area (Å²) in [4.78, 5) is 0. The Morgan fingerprint density at radius 2 is 2.00 bits per heavy atom. The van der Waals surface area contributed by atoms with Gasteiger partial charge in [0.25, 0.3) is 0 Å². The van der Waals surface area contributed by atoms with Crippen molar-refractivity contribution >= 4 is 21.6 Å². The minimum Gasteiger partial charge on any atom is -0.494 e. The van der Waals surface area contributed by atoms with Crippen molar-refractivity contribution in [3.8, 4) is 5.75 Å². The van der Waals surface area contributed by atoms with Crippen LogP contribution in [-0.2, 0) is 0 Å². The van der Waals surface area contributed by atoms with Crippen molar-refractivity contribution in [2.24, 2.45) is 0 Å². The Morgan fingerprint density at radius 3 is 2.75 bits per heavy atom. The topological polar surface area (TPSA) is 21.3 Å². The maximum atomic E-state index is 13.8. The fraction of sp³-hybridized carbons (Fsp3) is 0.250. The lowest BCUT2D eigenvalue weighted by atomic mass is 10.1. The molecule has 2 aromatic carbocycles. The van der Waals surface area contributed by atoms with Gasteiger partial charge in [0.1, 0.15) is 11.6 Å². The fourth-order valence-electron chi connectivity index (χ4n) is 2.04. The molecule has 0 aliphatic carbocycles. The van der Waals surface area contributed by atoms with Gasteiger partial charge in [0, 0.05) is 10.0 Å². The number of halogens is 2. The third kappa shape index (κ3) is 3.51. The molecule has 0 saturated heterocycles. The predicted octanol–water partition coefficient (Wildman–Crippen LogP) is 5.16. The molecule has 0 heterocycles. The quantitative estimate of drug-likeness (QED) is 0.813. The summed E-state index contributed by atoms with van der Waals surface area (Å²) in [5.41, 5.74) is 1.48. The van der Waals surface area contributed by atoms with Gasteiger partial charge in [0.05, 0.1) is 18.3 Å². The van der Waals surface area contributed by atoms with Crippen LogP contribution in [0.15, 0.2) is 46.9 Å². The molecule has 0 radical (unpaired) electrons. The summed E-state index contributed by atoms with van der Waals surface area (Å²) in [6.07, 6.45) is 0. The van der Waals surface area contributed by atoms with Crippen molar-refractivity contribution in [3.63, 3.8) is 0 Å². The van der Waals surface area contributed by atoms with Crippen LogP contribution in [0.25, 0.3) is 0 Å². The number of ether oxygens (including phenoxy) is 1. The van der Waals surface area contributed by atoms with Gasteiger partial charge in [-0.2, -0.15) is 0 Å². The smallest absolute Gasteiger partial charge is 0.146 e. The standard InChI is InChI=1S/C16H17BrFNO/c1-3-20-16-7-5-4-6-13(16)11(2)19-15-10-12(17)8-9-14(15)18/h4-11,19H,3H2,1-2H3. The van der Waals surface area contributed by atoms with E-state index in [4.69, 9.17) is 4.74 Å². The number of anilines is 1. The van der Waals surface area contributed by atoms with Gasteiger partial charge in [0.15, 0.2) is 0 Å². The largest absolute Gasteiger partial charge is 0.494 e. The molecule has 2 rings (SSSR count). The number of rotatable bonds is 5. The summed E-state index contributed by atoms with van der Waals surface area (Å²) < 4.78 is 20.2. The molecule has 20 heavy (non-hydrogen) atoms. The van der Waals surface area contributed by atoms with Crippen LogP contribution >= 0.6 is 15.9 Å². The first kappa shape index (κ1) is 14.9. The van der Waals surface area contributed by atoms with Crippen LogP contribution in [0, 0.1) is 5.82 Å². The highest BCUT2D eigenvalue weighted by Crippen LogP contribution is 2.29. The summed E-state index contributed by atoms with van der Waals surface area (Å²) >= 11 is 3.35. The maximum Gasteiger partial charge on any atom is 0.146 e. The van der Waals surface area contributed by atoms with Crippen LogP contribution in [0.1, 0.15) is 25.5 Å². The van der Waals surface area contributed by atoms with Crippen molar-refractivity contribution in [2.75, 3.05) is 11.9 Å². The lowest BCUT2D eigenvalue weighted by Crippen LogP contribution is -2.10. The second kappa shape index (κ2) is 6.75. The lowest BCUT2D eigenvalue weighted by molar-refractivity contribution is 0.335. The molecule has 4 heteroatoms. The molecule has 0 spiro atoms. The molecule has 0 amide bonds. The number of hydrogen-bond donors (Lipinski definition) is 1. The Labute approximate surface area is 127 Å². The third-order valence-electron chi connectivity index (χ3n) is 2.99. The summed E-state index contributed by atoms with van der Waals surface area (Å²) in [6, 6.07) is 12.6. The van der Waals surface area contributed by atoms with Gasteiger partial charge in [-0.3, -0.25) is 0 Å². The Bertz CT molecular complexity index is 588. The minimum atomic E-state index is -0.269. The van der Waals surface area contributed by atoms with E-state index in [-0.39, 0.29) is 11.9 Å². The number of para-hydroxylation sites is 1. The van der Waals surface area contributed by atoms with E-state index in [0.717, 1.165) is 15.8 Å². The third-order valence-corrected chi connectivity index (χ3v) is 3.48. The Hall–Kier alpha value is -1.55. The van der Waals surface area contributed by atoms with Crippen molar-refractivity contribution in [3.05, 3.63) is 58.3 Å². The number of hydrogen-bond acceptors (Lipinski definition) is 2. The van der Waals surface area contributed by atoms with E-state index in [9.17, 15) is 4.39 Å². The van der Waals surface area contributed by atoms with Gasteiger partial charge in [-0.05, 0) is 38.1 Å². The molecule has 2 aromatic rings. The number of benzene rings is 2. The zero-order valence-electron chi connectivity index (χ0n) is 11.5. The Kier molecular flexibility index (Phi) is 5.01. The van der Waals surface area contributed by atoms with Crippen LogP contribution in [0.2, 0.25) is 0 Å². The molecule has 0 bridgehead atoms. The highest BCUT2D eigenvalue weighted by atomic mass is 79.9. The van der Waals surface area contributed by atoms with E-state index in [1.54, 1.807) is 12.1 Å². The molecular formula is C16H17BrFNO. The monoisotopic (exact) mass is 337 g/mol. The molecule has 0 saturated carbocycles. The Morgan fingerprint density at radius 1 is 1.25 bits per heavy atom. The van der Waals surface area contributed by atoms with Gasteiger partial charge in [-0.25, -0.2) is 4.39 Å². The van der Waals surface area contributed by atoms with E-state index >= 15 is 0 Å². The SMILES string of the molecule is CCOc1ccccc1C(C)Nc1cc(Br)ccc1F. The van der Waals surface area contributed by atoms with Crippen LogP contribution in [-0.4, -0.2) is 6.61 Å². The van der Waals surface area contributed by atoms with Gasteiger partial charge in [0.2, 0.25) is 0 Å². The summed E-state index contributed by atoms with van der Waals surface area (Å²) in [5.74, 6) is 0.555. The fourth-order valence-corrected chi connectivity index (χ4v) is 2.41. The van der Waals surface area contributed by atoms with E-state index in [2.05, 4.69) is 21.2 Å². The van der Waals surface area contributed by atoms with E-state index in [1.165, 1.54) is 6.07 Å². The maximum absolute atomic E-state index is 13.8. The average molecular weight is 338 g/mol. The summed E-state index contributed by atoms with van der Waals surface area (Å²) in [5, 5.41) is 3.18. The first-order valence-electron chi connectivity index (χ1n) is 6.55. The zero-order chi connectivity index (χ0) is 14.5. The van der Waals surface area contributed by atoms with E-state index < -0.39 is 0 Å². The second-order valence-electron chi connectivity index (χ2n) is 4.46. The van der Waals surface area contributed by atoms with Crippen LogP contribution in [0.4, 0.5) is 10.1 Å². The highest BCUT2D eigenvalue weighted by Gasteiger charge is 2.13. The molecule has 1 N–H and O–H groups in total. The molecule has 0 aliphatic heterocycles. The van der Waals surface area contributed by atoms with Crippen LogP contribution in [0.5, 0.6) is 5.75 Å². The van der Waals surface area contributed by atoms with Crippen LogP contribution in [0.3, 0.4) is 0 Å². The van der Waals surface area contributed by atoms with Gasteiger partial charge in [-0.15, -0.1) is 0 Å². The molecule has 0 fully saturated rings. The van der Waals surface area contributed by atoms with Gasteiger partial charge in [-0.1, -0.05) is 34.1 Å². The molecule has 2 nitrogen and oxygen atoms in total. The Balaban J connectivity index is 2.23. The van der Waals surface area contributed by atoms with E-state index in [0.29, 0.717) is 12.3 Å². The molecule has 106 valence electrons. The molecule has 1 atom stereocenters. The molecular weight excluding hydrogens is 321 g/mol. The van der Waals surface area contributed by atoms with Crippen molar-refractivity contribution in [1.29, 1.82) is 0 Å². The minimum absolute atomic E-state index is 0.0541. The first-order valence-corrected chi connectivity index (χ1v) is 7.34. The second-order valence-corrected chi connectivity index (χ2v) is 5.38. The molecule has 1 unspecified atom stereocenters. The lowest BCUT2D eigenvalue weighted by Gasteiger charge is -2.19. The van der Waals surface area contributed by atoms with E-state index in [1.807, 2.05) is 38.1 Å². The molecule has 0 aromatic heterocycles. The first-order chi connectivity index (χ1) is 9.61. The van der Waals surface area contributed by atoms with Crippen molar-refractivity contribution in [2.45, 2.75) is 19.9 Å².